The summed E-state index contributed by atoms with van der Waals surface area (Å²) in [5, 5.41) is 19.8. The lowest BCUT2D eigenvalue weighted by atomic mass is 10.1. The number of nitrogens with one attached hydrogen (secondary N) is 2. The van der Waals surface area contributed by atoms with Crippen molar-refractivity contribution < 1.29 is 5.11 Å². The molecule has 1 heterocycles. The molecular formula is C19H21N3OS. The van der Waals surface area contributed by atoms with Crippen LogP contribution in [0.1, 0.15) is 17.0 Å². The van der Waals surface area contributed by atoms with E-state index in [9.17, 15) is 0 Å². The Kier molecular flexibility index (Phi) is 5.23. The lowest BCUT2D eigenvalue weighted by Gasteiger charge is -2.12. The van der Waals surface area contributed by atoms with Gasteiger partial charge in [-0.05, 0) is 50.1 Å². The van der Waals surface area contributed by atoms with Crippen LogP contribution in [0.15, 0.2) is 58.3 Å². The number of rotatable bonds is 6. The van der Waals surface area contributed by atoms with Crippen molar-refractivity contribution in [3.05, 3.63) is 65.5 Å². The smallest absolute Gasteiger partial charge is 0.0733 e. The fourth-order valence-electron chi connectivity index (χ4n) is 2.50. The first-order valence-corrected chi connectivity index (χ1v) is 8.74. The van der Waals surface area contributed by atoms with Crippen molar-refractivity contribution >= 4 is 23.1 Å². The molecule has 0 aliphatic rings. The Morgan fingerprint density at radius 2 is 1.83 bits per heavy atom. The normalized spacial score (nSPS) is 10.8. The molecule has 1 aromatic heterocycles. The summed E-state index contributed by atoms with van der Waals surface area (Å²) in [5.74, 6) is 0. The lowest BCUT2D eigenvalue weighted by Crippen LogP contribution is -1.94. The number of H-pyrrole nitrogens is 1. The van der Waals surface area contributed by atoms with Gasteiger partial charge in [0.2, 0.25) is 0 Å². The van der Waals surface area contributed by atoms with Gasteiger partial charge >= 0.3 is 0 Å². The Morgan fingerprint density at radius 3 is 2.50 bits per heavy atom. The summed E-state index contributed by atoms with van der Waals surface area (Å²) in [4.78, 5) is 2.33. The maximum absolute atomic E-state index is 9.00. The average Bonchev–Trinajstić information content (AvgIpc) is 2.90. The summed E-state index contributed by atoms with van der Waals surface area (Å²) in [5.41, 5.74) is 5.33. The number of aromatic amines is 1. The number of benzene rings is 2. The number of hydrogen-bond donors (Lipinski definition) is 3. The quantitative estimate of drug-likeness (QED) is 0.621. The molecule has 0 aliphatic carbocycles. The zero-order valence-corrected chi connectivity index (χ0v) is 14.7. The predicted octanol–water partition coefficient (Wildman–Crippen LogP) is 4.46. The molecule has 0 radical (unpaired) electrons. The second kappa shape index (κ2) is 7.55. The molecule has 24 heavy (non-hydrogen) atoms. The van der Waals surface area contributed by atoms with Crippen molar-refractivity contribution in [3.63, 3.8) is 0 Å². The second-order valence-electron chi connectivity index (χ2n) is 5.66. The topological polar surface area (TPSA) is 60.9 Å². The number of nitrogens with zero attached hydrogens (tertiary/aromatic N) is 1. The number of aliphatic hydroxyl groups is 1. The van der Waals surface area contributed by atoms with Crippen molar-refractivity contribution in [1.82, 2.24) is 10.2 Å². The van der Waals surface area contributed by atoms with Crippen LogP contribution in [0, 0.1) is 13.8 Å². The summed E-state index contributed by atoms with van der Waals surface area (Å²) in [6, 6.07) is 16.4. The highest BCUT2D eigenvalue weighted by Crippen LogP contribution is 2.37. The third-order valence-corrected chi connectivity index (χ3v) is 5.17. The highest BCUT2D eigenvalue weighted by molar-refractivity contribution is 7.99. The van der Waals surface area contributed by atoms with E-state index in [4.69, 9.17) is 5.11 Å². The standard InChI is InChI=1S/C19H21N3OS/c1-13-19(14(2)22-21-13)24-18-6-4-3-5-17(18)20-16-9-7-15(8-10-16)11-12-23/h3-10,20,23H,11-12H2,1-2H3,(H,21,22). The Labute approximate surface area is 146 Å². The number of aryl methyl sites for hydroxylation is 2. The summed E-state index contributed by atoms with van der Waals surface area (Å²) < 4.78 is 0. The Balaban J connectivity index is 1.81. The Bertz CT molecular complexity index is 792. The maximum atomic E-state index is 9.00. The summed E-state index contributed by atoms with van der Waals surface area (Å²) in [6.45, 7) is 4.23. The van der Waals surface area contributed by atoms with Crippen LogP contribution in [0.25, 0.3) is 0 Å². The number of aliphatic hydroxyl groups excluding tert-OH is 1. The van der Waals surface area contributed by atoms with E-state index in [1.54, 1.807) is 11.8 Å². The van der Waals surface area contributed by atoms with Gasteiger partial charge in [-0.15, -0.1) is 0 Å². The Hall–Kier alpha value is -2.24. The molecule has 0 amide bonds. The second-order valence-corrected chi connectivity index (χ2v) is 6.71. The molecule has 0 unspecified atom stereocenters. The number of para-hydroxylation sites is 1. The largest absolute Gasteiger partial charge is 0.396 e. The van der Waals surface area contributed by atoms with Crippen molar-refractivity contribution in [2.75, 3.05) is 11.9 Å². The molecule has 124 valence electrons. The van der Waals surface area contributed by atoms with Crippen LogP contribution < -0.4 is 5.32 Å². The van der Waals surface area contributed by atoms with Gasteiger partial charge < -0.3 is 10.4 Å². The highest BCUT2D eigenvalue weighted by atomic mass is 32.2. The van der Waals surface area contributed by atoms with E-state index in [1.165, 1.54) is 4.90 Å². The van der Waals surface area contributed by atoms with Crippen molar-refractivity contribution in [2.24, 2.45) is 0 Å². The molecule has 0 bridgehead atoms. The molecule has 0 saturated carbocycles. The number of hydrogen-bond acceptors (Lipinski definition) is 4. The number of anilines is 2. The van der Waals surface area contributed by atoms with Crippen LogP contribution in [0.3, 0.4) is 0 Å². The molecule has 5 heteroatoms. The van der Waals surface area contributed by atoms with Gasteiger partial charge in [0.05, 0.1) is 16.3 Å². The monoisotopic (exact) mass is 339 g/mol. The average molecular weight is 339 g/mol. The maximum Gasteiger partial charge on any atom is 0.0733 e. The van der Waals surface area contributed by atoms with Crippen LogP contribution >= 0.6 is 11.8 Å². The van der Waals surface area contributed by atoms with E-state index in [2.05, 4.69) is 27.6 Å². The number of aromatic nitrogens is 2. The first kappa shape index (κ1) is 16.6. The zero-order valence-electron chi connectivity index (χ0n) is 13.8. The third-order valence-electron chi connectivity index (χ3n) is 3.79. The molecule has 3 rings (SSSR count). The zero-order chi connectivity index (χ0) is 16.9. The molecule has 0 fully saturated rings. The van der Waals surface area contributed by atoms with E-state index < -0.39 is 0 Å². The van der Waals surface area contributed by atoms with Gasteiger partial charge in [0, 0.05) is 22.9 Å². The first-order chi connectivity index (χ1) is 11.7. The highest BCUT2D eigenvalue weighted by Gasteiger charge is 2.11. The first-order valence-electron chi connectivity index (χ1n) is 7.92. The SMILES string of the molecule is Cc1n[nH]c(C)c1Sc1ccccc1Nc1ccc(CCO)cc1. The van der Waals surface area contributed by atoms with Gasteiger partial charge in [-0.1, -0.05) is 36.0 Å². The lowest BCUT2D eigenvalue weighted by molar-refractivity contribution is 0.299. The summed E-state index contributed by atoms with van der Waals surface area (Å²) >= 11 is 1.72. The fourth-order valence-corrected chi connectivity index (χ4v) is 3.49. The summed E-state index contributed by atoms with van der Waals surface area (Å²) in [7, 11) is 0. The minimum Gasteiger partial charge on any atom is -0.396 e. The summed E-state index contributed by atoms with van der Waals surface area (Å²) in [6.07, 6.45) is 0.686. The van der Waals surface area contributed by atoms with Gasteiger partial charge in [-0.3, -0.25) is 5.10 Å². The minimum atomic E-state index is 0.176. The minimum absolute atomic E-state index is 0.176. The van der Waals surface area contributed by atoms with Crippen molar-refractivity contribution in [3.8, 4) is 0 Å². The molecule has 0 atom stereocenters. The molecule has 0 spiro atoms. The van der Waals surface area contributed by atoms with E-state index >= 15 is 0 Å². The third kappa shape index (κ3) is 3.80. The van der Waals surface area contributed by atoms with Crippen LogP contribution in [0.4, 0.5) is 11.4 Å². The predicted molar refractivity (Wildman–Crippen MR) is 99.1 cm³/mol. The molecule has 4 nitrogen and oxygen atoms in total. The fraction of sp³-hybridized carbons (Fsp3) is 0.211. The van der Waals surface area contributed by atoms with Crippen LogP contribution in [-0.2, 0) is 6.42 Å². The molecule has 0 saturated heterocycles. The molecule has 2 aromatic carbocycles. The van der Waals surface area contributed by atoms with Crippen molar-refractivity contribution in [2.45, 2.75) is 30.1 Å². The van der Waals surface area contributed by atoms with Gasteiger partial charge in [0.25, 0.3) is 0 Å². The molecule has 0 aliphatic heterocycles. The van der Waals surface area contributed by atoms with E-state index in [-0.39, 0.29) is 6.61 Å². The molecular weight excluding hydrogens is 318 g/mol. The Morgan fingerprint density at radius 1 is 1.08 bits per heavy atom. The van der Waals surface area contributed by atoms with Crippen LogP contribution in [0.5, 0.6) is 0 Å². The van der Waals surface area contributed by atoms with Gasteiger partial charge in [0.1, 0.15) is 0 Å². The van der Waals surface area contributed by atoms with Crippen LogP contribution in [0.2, 0.25) is 0 Å². The van der Waals surface area contributed by atoms with Crippen LogP contribution in [-0.4, -0.2) is 21.9 Å². The van der Waals surface area contributed by atoms with E-state index in [1.807, 2.05) is 50.2 Å². The van der Waals surface area contributed by atoms with E-state index in [0.29, 0.717) is 6.42 Å². The van der Waals surface area contributed by atoms with Gasteiger partial charge in [-0.25, -0.2) is 0 Å². The van der Waals surface area contributed by atoms with Crippen molar-refractivity contribution in [1.29, 1.82) is 0 Å². The van der Waals surface area contributed by atoms with E-state index in [0.717, 1.165) is 33.2 Å². The van der Waals surface area contributed by atoms with Gasteiger partial charge in [-0.2, -0.15) is 5.10 Å². The molecule has 3 N–H and O–H groups in total. The molecule has 3 aromatic rings. The van der Waals surface area contributed by atoms with Gasteiger partial charge in [0.15, 0.2) is 0 Å².